The van der Waals surface area contributed by atoms with Gasteiger partial charge < -0.3 is 5.43 Å². The van der Waals surface area contributed by atoms with E-state index in [2.05, 4.69) is 10.4 Å². The predicted octanol–water partition coefficient (Wildman–Crippen LogP) is 1.50. The number of fused-ring (bicyclic) bond motifs is 1. The number of hydrogen-bond donors (Lipinski definition) is 2. The van der Waals surface area contributed by atoms with Crippen molar-refractivity contribution in [2.24, 2.45) is 5.84 Å². The highest BCUT2D eigenvalue weighted by Gasteiger charge is 2.20. The molecule has 1 aromatic carbocycles. The molecule has 0 amide bonds. The first kappa shape index (κ1) is 16.0. The molecule has 2 aromatic rings. The minimum Gasteiger partial charge on any atom is -0.308 e. The fraction of sp³-hybridized carbons (Fsp3) is 0.308. The van der Waals surface area contributed by atoms with Gasteiger partial charge in [-0.3, -0.25) is 0 Å². The van der Waals surface area contributed by atoms with Crippen molar-refractivity contribution in [1.82, 2.24) is 9.29 Å². The topological polar surface area (TPSA) is 88.3 Å². The number of aromatic nitrogens is 1. The van der Waals surface area contributed by atoms with E-state index in [1.165, 1.54) is 4.31 Å². The van der Waals surface area contributed by atoms with Crippen LogP contribution in [0.2, 0.25) is 0 Å². The number of nitrogens with two attached hydrogens (primary N) is 1. The average molecular weight is 326 g/mol. The molecular weight excluding hydrogens is 308 g/mol. The van der Waals surface area contributed by atoms with Gasteiger partial charge in [0.25, 0.3) is 0 Å². The number of pyridine rings is 1. The summed E-state index contributed by atoms with van der Waals surface area (Å²) >= 11 is 1.61. The molecule has 0 saturated heterocycles. The smallest absolute Gasteiger partial charge is 0.242 e. The minimum atomic E-state index is -3.47. The maximum absolute atomic E-state index is 12.5. The van der Waals surface area contributed by atoms with Crippen molar-refractivity contribution >= 4 is 38.5 Å². The summed E-state index contributed by atoms with van der Waals surface area (Å²) in [6.07, 6.45) is 1.95. The molecule has 8 heteroatoms. The second-order valence-corrected chi connectivity index (χ2v) is 7.55. The molecular formula is C13H18N4O2S2. The van der Waals surface area contributed by atoms with Crippen molar-refractivity contribution in [3.8, 4) is 0 Å². The zero-order valence-electron chi connectivity index (χ0n) is 11.9. The number of rotatable bonds is 6. The van der Waals surface area contributed by atoms with Gasteiger partial charge >= 0.3 is 0 Å². The van der Waals surface area contributed by atoms with Gasteiger partial charge in [-0.05, 0) is 36.6 Å². The summed E-state index contributed by atoms with van der Waals surface area (Å²) in [4.78, 5) is 4.54. The van der Waals surface area contributed by atoms with Crippen molar-refractivity contribution in [1.29, 1.82) is 0 Å². The Morgan fingerprint density at radius 3 is 2.76 bits per heavy atom. The predicted molar refractivity (Wildman–Crippen MR) is 87.8 cm³/mol. The SMILES string of the molecule is CSCCN(C)S(=O)(=O)c1ccc2nc(NN)ccc2c1. The summed E-state index contributed by atoms with van der Waals surface area (Å²) in [6.45, 7) is 0.482. The Morgan fingerprint density at radius 1 is 1.33 bits per heavy atom. The summed E-state index contributed by atoms with van der Waals surface area (Å²) in [6, 6.07) is 8.38. The maximum Gasteiger partial charge on any atom is 0.242 e. The van der Waals surface area contributed by atoms with E-state index in [1.54, 1.807) is 49.1 Å². The molecule has 0 aliphatic heterocycles. The number of anilines is 1. The Morgan fingerprint density at radius 2 is 2.10 bits per heavy atom. The lowest BCUT2D eigenvalue weighted by atomic mass is 10.2. The Kier molecular flexibility index (Phi) is 5.04. The number of nitrogens with zero attached hydrogens (tertiary/aromatic N) is 2. The summed E-state index contributed by atoms with van der Waals surface area (Å²) in [5, 5.41) is 0.758. The third-order valence-corrected chi connectivity index (χ3v) is 5.57. The van der Waals surface area contributed by atoms with E-state index in [0.717, 1.165) is 11.1 Å². The summed E-state index contributed by atoms with van der Waals surface area (Å²) in [5.74, 6) is 6.61. The molecule has 0 bridgehead atoms. The van der Waals surface area contributed by atoms with E-state index in [0.29, 0.717) is 17.9 Å². The van der Waals surface area contributed by atoms with Crippen LogP contribution in [0, 0.1) is 0 Å². The van der Waals surface area contributed by atoms with Gasteiger partial charge in [0.05, 0.1) is 10.4 Å². The second-order valence-electron chi connectivity index (χ2n) is 4.51. The standard InChI is InChI=1S/C13H18N4O2S2/c1-17(7-8-20-2)21(18,19)11-4-5-12-10(9-11)3-6-13(15-12)16-14/h3-6,9H,7-8,14H2,1-2H3,(H,15,16). The highest BCUT2D eigenvalue weighted by atomic mass is 32.2. The van der Waals surface area contributed by atoms with Crippen LogP contribution in [-0.4, -0.2) is 43.3 Å². The second kappa shape index (κ2) is 6.61. The fourth-order valence-electron chi connectivity index (χ4n) is 1.86. The van der Waals surface area contributed by atoms with Crippen molar-refractivity contribution in [3.63, 3.8) is 0 Å². The Labute approximate surface area is 128 Å². The summed E-state index contributed by atoms with van der Waals surface area (Å²) in [7, 11) is -1.87. The first-order valence-corrected chi connectivity index (χ1v) is 9.15. The van der Waals surface area contributed by atoms with Crippen LogP contribution in [0.3, 0.4) is 0 Å². The van der Waals surface area contributed by atoms with Crippen LogP contribution in [0.15, 0.2) is 35.2 Å². The Bertz CT molecular complexity index is 734. The van der Waals surface area contributed by atoms with E-state index in [4.69, 9.17) is 5.84 Å². The molecule has 0 radical (unpaired) electrons. The molecule has 2 rings (SSSR count). The number of hydrazine groups is 1. The molecule has 1 heterocycles. The summed E-state index contributed by atoms with van der Waals surface area (Å²) < 4.78 is 26.3. The zero-order valence-corrected chi connectivity index (χ0v) is 13.5. The highest BCUT2D eigenvalue weighted by Crippen LogP contribution is 2.21. The Hall–Kier alpha value is -1.35. The van der Waals surface area contributed by atoms with Gasteiger partial charge in [0.2, 0.25) is 10.0 Å². The number of sulfonamides is 1. The average Bonchev–Trinajstić information content (AvgIpc) is 2.51. The lowest BCUT2D eigenvalue weighted by Crippen LogP contribution is -2.29. The first-order valence-electron chi connectivity index (χ1n) is 6.32. The molecule has 0 aliphatic rings. The molecule has 3 N–H and O–H groups in total. The number of benzene rings is 1. The summed E-state index contributed by atoms with van der Waals surface area (Å²) in [5.41, 5.74) is 3.16. The van der Waals surface area contributed by atoms with E-state index in [1.807, 2.05) is 6.26 Å². The van der Waals surface area contributed by atoms with Gasteiger partial charge in [0, 0.05) is 24.7 Å². The van der Waals surface area contributed by atoms with Crippen molar-refractivity contribution in [2.45, 2.75) is 4.90 Å². The van der Waals surface area contributed by atoms with Crippen LogP contribution in [0.5, 0.6) is 0 Å². The molecule has 0 spiro atoms. The van der Waals surface area contributed by atoms with Crippen LogP contribution in [0.4, 0.5) is 5.82 Å². The molecule has 0 atom stereocenters. The number of thioether (sulfide) groups is 1. The molecule has 0 saturated carbocycles. The van der Waals surface area contributed by atoms with E-state index in [-0.39, 0.29) is 4.90 Å². The van der Waals surface area contributed by atoms with Crippen LogP contribution in [0.25, 0.3) is 10.9 Å². The number of hydrogen-bond acceptors (Lipinski definition) is 6. The first-order chi connectivity index (χ1) is 9.98. The maximum atomic E-state index is 12.5. The van der Waals surface area contributed by atoms with Gasteiger partial charge in [0.15, 0.2) is 0 Å². The fourth-order valence-corrected chi connectivity index (χ4v) is 3.64. The normalized spacial score (nSPS) is 12.0. The van der Waals surface area contributed by atoms with Gasteiger partial charge in [0.1, 0.15) is 5.82 Å². The van der Waals surface area contributed by atoms with Gasteiger partial charge in [-0.2, -0.15) is 11.8 Å². The largest absolute Gasteiger partial charge is 0.308 e. The van der Waals surface area contributed by atoms with Crippen LogP contribution >= 0.6 is 11.8 Å². The van der Waals surface area contributed by atoms with E-state index < -0.39 is 10.0 Å². The quantitative estimate of drug-likeness (QED) is 0.618. The van der Waals surface area contributed by atoms with Crippen LogP contribution < -0.4 is 11.3 Å². The molecule has 0 fully saturated rings. The Balaban J connectivity index is 2.38. The molecule has 114 valence electrons. The highest BCUT2D eigenvalue weighted by molar-refractivity contribution is 7.98. The van der Waals surface area contributed by atoms with E-state index >= 15 is 0 Å². The third kappa shape index (κ3) is 3.46. The molecule has 0 aliphatic carbocycles. The number of nitrogens with one attached hydrogen (secondary N) is 1. The van der Waals surface area contributed by atoms with Crippen LogP contribution in [0.1, 0.15) is 0 Å². The van der Waals surface area contributed by atoms with Crippen molar-refractivity contribution in [3.05, 3.63) is 30.3 Å². The number of nitrogen functional groups attached to an aromatic ring is 1. The van der Waals surface area contributed by atoms with E-state index in [9.17, 15) is 8.42 Å². The molecule has 6 nitrogen and oxygen atoms in total. The monoisotopic (exact) mass is 326 g/mol. The molecule has 0 unspecified atom stereocenters. The zero-order chi connectivity index (χ0) is 15.5. The van der Waals surface area contributed by atoms with Gasteiger partial charge in [-0.15, -0.1) is 0 Å². The van der Waals surface area contributed by atoms with Gasteiger partial charge in [-0.1, -0.05) is 0 Å². The van der Waals surface area contributed by atoms with Crippen LogP contribution in [-0.2, 0) is 10.0 Å². The molecule has 21 heavy (non-hydrogen) atoms. The van der Waals surface area contributed by atoms with Crippen molar-refractivity contribution < 1.29 is 8.42 Å². The molecule has 1 aromatic heterocycles. The lowest BCUT2D eigenvalue weighted by molar-refractivity contribution is 0.489. The van der Waals surface area contributed by atoms with Gasteiger partial charge in [-0.25, -0.2) is 23.5 Å². The minimum absolute atomic E-state index is 0.272. The third-order valence-electron chi connectivity index (χ3n) is 3.13. The van der Waals surface area contributed by atoms with Crippen molar-refractivity contribution in [2.75, 3.05) is 31.0 Å². The lowest BCUT2D eigenvalue weighted by Gasteiger charge is -2.16.